The molecule has 0 fully saturated rings. The average Bonchev–Trinajstić information content (AvgIpc) is 2.98. The van der Waals surface area contributed by atoms with E-state index in [0.29, 0.717) is 0 Å². The summed E-state index contributed by atoms with van der Waals surface area (Å²) in [7, 11) is 0. The fourth-order valence-electron chi connectivity index (χ4n) is 2.64. The maximum absolute atomic E-state index is 4.04. The average molecular weight is 252 g/mol. The largest absolute Gasteiger partial charge is 0.0915 e. The first-order chi connectivity index (χ1) is 9.27. The lowest BCUT2D eigenvalue weighted by Gasteiger charge is -2.05. The van der Waals surface area contributed by atoms with Gasteiger partial charge in [0.1, 0.15) is 0 Å². The molecular formula is C19H24. The van der Waals surface area contributed by atoms with Gasteiger partial charge < -0.3 is 0 Å². The Bertz CT molecular complexity index is 422. The molecule has 0 bridgehead atoms. The Kier molecular flexibility index (Phi) is 5.20. The Morgan fingerprint density at radius 3 is 1.42 bits per heavy atom. The molecule has 100 valence electrons. The topological polar surface area (TPSA) is 0 Å². The summed E-state index contributed by atoms with van der Waals surface area (Å²) in [5.41, 5.74) is 5.27. The minimum Gasteiger partial charge on any atom is -0.0915 e. The Morgan fingerprint density at radius 2 is 1.05 bits per heavy atom. The normalized spacial score (nSPS) is 17.3. The molecule has 0 amide bonds. The van der Waals surface area contributed by atoms with E-state index in [4.69, 9.17) is 0 Å². The Morgan fingerprint density at radius 1 is 0.632 bits per heavy atom. The minimum atomic E-state index is 1.19. The van der Waals surface area contributed by atoms with E-state index in [0.717, 1.165) is 0 Å². The highest BCUT2D eigenvalue weighted by Crippen LogP contribution is 2.24. The van der Waals surface area contributed by atoms with Crippen molar-refractivity contribution in [2.75, 3.05) is 0 Å². The van der Waals surface area contributed by atoms with Crippen LogP contribution in [0, 0.1) is 0 Å². The van der Waals surface area contributed by atoms with Gasteiger partial charge in [-0.25, -0.2) is 0 Å². The van der Waals surface area contributed by atoms with E-state index in [1.807, 2.05) is 0 Å². The first-order valence-corrected chi connectivity index (χ1v) is 7.40. The third-order valence-corrected chi connectivity index (χ3v) is 3.91. The number of allylic oxidation sites excluding steroid dienone is 10. The molecule has 2 aliphatic rings. The lowest BCUT2D eigenvalue weighted by molar-refractivity contribution is 0.614. The molecular weight excluding hydrogens is 228 g/mol. The van der Waals surface area contributed by atoms with E-state index < -0.39 is 0 Å². The van der Waals surface area contributed by atoms with Gasteiger partial charge in [0.15, 0.2) is 0 Å². The minimum absolute atomic E-state index is 1.19. The number of hydrogen-bond acceptors (Lipinski definition) is 0. The molecule has 0 nitrogen and oxygen atoms in total. The van der Waals surface area contributed by atoms with E-state index in [-0.39, 0.29) is 0 Å². The summed E-state index contributed by atoms with van der Waals surface area (Å²) >= 11 is 0. The summed E-state index contributed by atoms with van der Waals surface area (Å²) in [6.45, 7) is 8.08. The fraction of sp³-hybridized carbons (Fsp3) is 0.368. The van der Waals surface area contributed by atoms with Crippen LogP contribution in [-0.2, 0) is 0 Å². The SMILES string of the molecule is C=C1C=CC=C1CCCCCCCC1=CC=CC1=C. The molecule has 0 aliphatic heterocycles. The van der Waals surface area contributed by atoms with Gasteiger partial charge in [-0.1, -0.05) is 68.9 Å². The third-order valence-electron chi connectivity index (χ3n) is 3.91. The van der Waals surface area contributed by atoms with Gasteiger partial charge in [-0.05, 0) is 48.0 Å². The van der Waals surface area contributed by atoms with Crippen molar-refractivity contribution in [3.8, 4) is 0 Å². The molecule has 0 radical (unpaired) electrons. The molecule has 2 rings (SSSR count). The molecule has 0 spiro atoms. The third kappa shape index (κ3) is 4.24. The smallest absolute Gasteiger partial charge is 0.0273 e. The lowest BCUT2D eigenvalue weighted by atomic mass is 10.0. The summed E-state index contributed by atoms with van der Waals surface area (Å²) in [6, 6.07) is 0. The monoisotopic (exact) mass is 252 g/mol. The van der Waals surface area contributed by atoms with Crippen molar-refractivity contribution in [2.24, 2.45) is 0 Å². The summed E-state index contributed by atoms with van der Waals surface area (Å²) < 4.78 is 0. The molecule has 0 heterocycles. The van der Waals surface area contributed by atoms with Gasteiger partial charge in [0.05, 0.1) is 0 Å². The predicted octanol–water partition coefficient (Wildman–Crippen LogP) is 5.82. The van der Waals surface area contributed by atoms with Gasteiger partial charge in [0.2, 0.25) is 0 Å². The summed E-state index contributed by atoms with van der Waals surface area (Å²) in [6.07, 6.45) is 21.8. The van der Waals surface area contributed by atoms with Crippen molar-refractivity contribution in [3.63, 3.8) is 0 Å². The Labute approximate surface area is 117 Å². The molecule has 0 unspecified atom stereocenters. The van der Waals surface area contributed by atoms with Crippen LogP contribution in [0.4, 0.5) is 0 Å². The molecule has 0 saturated heterocycles. The van der Waals surface area contributed by atoms with Crippen molar-refractivity contribution in [1.82, 2.24) is 0 Å². The second kappa shape index (κ2) is 7.13. The van der Waals surface area contributed by atoms with Crippen molar-refractivity contribution in [3.05, 3.63) is 71.9 Å². The number of unbranched alkanes of at least 4 members (excludes halogenated alkanes) is 4. The van der Waals surface area contributed by atoms with E-state index in [2.05, 4.69) is 49.6 Å². The van der Waals surface area contributed by atoms with Crippen LogP contribution in [0.3, 0.4) is 0 Å². The Hall–Kier alpha value is -1.56. The van der Waals surface area contributed by atoms with Crippen LogP contribution in [0.5, 0.6) is 0 Å². The highest BCUT2D eigenvalue weighted by Gasteiger charge is 2.05. The maximum Gasteiger partial charge on any atom is -0.0273 e. The summed E-state index contributed by atoms with van der Waals surface area (Å²) in [4.78, 5) is 0. The van der Waals surface area contributed by atoms with Gasteiger partial charge in [0, 0.05) is 0 Å². The van der Waals surface area contributed by atoms with Gasteiger partial charge in [-0.2, -0.15) is 0 Å². The highest BCUT2D eigenvalue weighted by molar-refractivity contribution is 5.46. The molecule has 0 N–H and O–H groups in total. The molecule has 2 aliphatic carbocycles. The number of rotatable bonds is 8. The molecule has 0 saturated carbocycles. The first kappa shape index (κ1) is 13.9. The van der Waals surface area contributed by atoms with Gasteiger partial charge >= 0.3 is 0 Å². The molecule has 0 heteroatoms. The van der Waals surface area contributed by atoms with E-state index in [1.54, 1.807) is 0 Å². The molecule has 0 aromatic rings. The van der Waals surface area contributed by atoms with E-state index in [9.17, 15) is 0 Å². The molecule has 19 heavy (non-hydrogen) atoms. The van der Waals surface area contributed by atoms with Crippen molar-refractivity contribution >= 4 is 0 Å². The van der Waals surface area contributed by atoms with Crippen LogP contribution in [0.15, 0.2) is 71.9 Å². The Balaban J connectivity index is 1.47. The van der Waals surface area contributed by atoms with E-state index >= 15 is 0 Å². The van der Waals surface area contributed by atoms with Crippen LogP contribution in [-0.4, -0.2) is 0 Å². The van der Waals surface area contributed by atoms with Crippen LogP contribution >= 0.6 is 0 Å². The van der Waals surface area contributed by atoms with Gasteiger partial charge in [0.25, 0.3) is 0 Å². The van der Waals surface area contributed by atoms with Gasteiger partial charge in [-0.3, -0.25) is 0 Å². The summed E-state index contributed by atoms with van der Waals surface area (Å²) in [5, 5.41) is 0. The quantitative estimate of drug-likeness (QED) is 0.477. The van der Waals surface area contributed by atoms with Crippen molar-refractivity contribution < 1.29 is 0 Å². The van der Waals surface area contributed by atoms with Gasteiger partial charge in [-0.15, -0.1) is 0 Å². The van der Waals surface area contributed by atoms with Crippen LogP contribution in [0.1, 0.15) is 44.9 Å². The standard InChI is InChI=1S/C19H24/c1-16-10-8-14-18(16)12-6-4-3-5-7-13-19-15-9-11-17(19)2/h8-11,14-15H,1-7,12-13H2. The molecule has 0 atom stereocenters. The lowest BCUT2D eigenvalue weighted by Crippen LogP contribution is -1.86. The molecule has 0 aromatic heterocycles. The fourth-order valence-corrected chi connectivity index (χ4v) is 2.64. The van der Waals surface area contributed by atoms with E-state index in [1.165, 1.54) is 67.2 Å². The first-order valence-electron chi connectivity index (χ1n) is 7.40. The van der Waals surface area contributed by atoms with Crippen molar-refractivity contribution in [1.29, 1.82) is 0 Å². The number of hydrogen-bond donors (Lipinski definition) is 0. The molecule has 0 aromatic carbocycles. The highest BCUT2D eigenvalue weighted by atomic mass is 14.1. The zero-order valence-electron chi connectivity index (χ0n) is 11.8. The van der Waals surface area contributed by atoms with Crippen LogP contribution in [0.2, 0.25) is 0 Å². The van der Waals surface area contributed by atoms with Crippen LogP contribution in [0.25, 0.3) is 0 Å². The maximum atomic E-state index is 4.04. The zero-order chi connectivity index (χ0) is 13.5. The second-order valence-corrected chi connectivity index (χ2v) is 5.42. The van der Waals surface area contributed by atoms with Crippen LogP contribution < -0.4 is 0 Å². The zero-order valence-corrected chi connectivity index (χ0v) is 11.8. The second-order valence-electron chi connectivity index (χ2n) is 5.42. The summed E-state index contributed by atoms with van der Waals surface area (Å²) in [5.74, 6) is 0. The predicted molar refractivity (Wildman–Crippen MR) is 85.0 cm³/mol. The van der Waals surface area contributed by atoms with Crippen molar-refractivity contribution in [2.45, 2.75) is 44.9 Å².